The Balaban J connectivity index is 2.53. The van der Waals surface area contributed by atoms with E-state index in [1.807, 2.05) is 17.1 Å². The van der Waals surface area contributed by atoms with E-state index in [4.69, 9.17) is 0 Å². The average molecular weight is 232 g/mol. The molecule has 2 rings (SSSR count). The average Bonchev–Trinajstić information content (AvgIpc) is 2.74. The van der Waals surface area contributed by atoms with Crippen molar-refractivity contribution >= 4 is 11.2 Å². The molecule has 0 aromatic carbocycles. The number of fused-ring (bicyclic) bond motifs is 1. The molecule has 4 nitrogen and oxygen atoms in total. The van der Waals surface area contributed by atoms with Gasteiger partial charge in [0, 0.05) is 6.20 Å². The maximum atomic E-state index is 4.69. The fraction of sp³-hybridized carbons (Fsp3) is 0.615. The van der Waals surface area contributed by atoms with Crippen molar-refractivity contribution in [2.75, 3.05) is 0 Å². The second kappa shape index (κ2) is 4.82. The Morgan fingerprint density at radius 3 is 2.47 bits per heavy atom. The molecule has 0 radical (unpaired) electrons. The molecule has 2 aromatic heterocycles. The summed E-state index contributed by atoms with van der Waals surface area (Å²) in [7, 11) is 0. The minimum Gasteiger partial charge on any atom is -0.249 e. The van der Waals surface area contributed by atoms with Gasteiger partial charge in [0.1, 0.15) is 5.52 Å². The molecule has 0 spiro atoms. The second-order valence-electron chi connectivity index (χ2n) is 4.72. The number of rotatable bonds is 4. The fourth-order valence-electron chi connectivity index (χ4n) is 2.01. The first-order valence-corrected chi connectivity index (χ1v) is 6.37. The zero-order valence-corrected chi connectivity index (χ0v) is 11.0. The molecule has 2 heterocycles. The van der Waals surface area contributed by atoms with E-state index in [0.717, 1.165) is 29.7 Å². The van der Waals surface area contributed by atoms with E-state index in [-0.39, 0.29) is 0 Å². The van der Waals surface area contributed by atoms with Crippen molar-refractivity contribution in [1.82, 2.24) is 19.7 Å². The van der Waals surface area contributed by atoms with Crippen molar-refractivity contribution in [2.45, 2.75) is 52.5 Å². The molecule has 0 bridgehead atoms. The van der Waals surface area contributed by atoms with Crippen molar-refractivity contribution in [1.29, 1.82) is 0 Å². The smallest absolute Gasteiger partial charge is 0.177 e. The molecule has 0 aliphatic heterocycles. The van der Waals surface area contributed by atoms with Crippen LogP contribution in [0.5, 0.6) is 0 Å². The van der Waals surface area contributed by atoms with Crippen LogP contribution in [0.25, 0.3) is 11.2 Å². The van der Waals surface area contributed by atoms with Crippen LogP contribution < -0.4 is 0 Å². The van der Waals surface area contributed by atoms with Crippen LogP contribution in [0.2, 0.25) is 0 Å². The summed E-state index contributed by atoms with van der Waals surface area (Å²) in [5.74, 6) is 0.400. The summed E-state index contributed by atoms with van der Waals surface area (Å²) in [5, 5.41) is 4.43. The molecular weight excluding hydrogens is 212 g/mol. The Morgan fingerprint density at radius 2 is 1.88 bits per heavy atom. The lowest BCUT2D eigenvalue weighted by Gasteiger charge is -2.14. The van der Waals surface area contributed by atoms with Crippen molar-refractivity contribution in [3.05, 3.63) is 18.1 Å². The Kier molecular flexibility index (Phi) is 3.41. The van der Waals surface area contributed by atoms with Crippen LogP contribution in [0.4, 0.5) is 0 Å². The summed E-state index contributed by atoms with van der Waals surface area (Å²) in [6.45, 7) is 8.63. The summed E-state index contributed by atoms with van der Waals surface area (Å²) >= 11 is 0. The molecule has 0 aliphatic carbocycles. The van der Waals surface area contributed by atoms with Gasteiger partial charge >= 0.3 is 0 Å². The number of hydrogen-bond acceptors (Lipinski definition) is 3. The third-order valence-electron chi connectivity index (χ3n) is 3.20. The van der Waals surface area contributed by atoms with Gasteiger partial charge in [-0.1, -0.05) is 27.7 Å². The molecule has 0 saturated heterocycles. The molecule has 0 saturated carbocycles. The molecule has 2 aromatic rings. The minimum atomic E-state index is 0.400. The van der Waals surface area contributed by atoms with E-state index in [1.165, 1.54) is 0 Å². The van der Waals surface area contributed by atoms with E-state index in [2.05, 4.69) is 42.8 Å². The summed E-state index contributed by atoms with van der Waals surface area (Å²) < 4.78 is 2.02. The highest BCUT2D eigenvalue weighted by molar-refractivity contribution is 5.69. The van der Waals surface area contributed by atoms with Crippen LogP contribution in [0, 0.1) is 0 Å². The molecule has 0 amide bonds. The highest BCUT2D eigenvalue weighted by Gasteiger charge is 2.14. The maximum absolute atomic E-state index is 4.69. The van der Waals surface area contributed by atoms with Crippen LogP contribution in [-0.2, 0) is 0 Å². The van der Waals surface area contributed by atoms with E-state index in [0.29, 0.717) is 12.0 Å². The second-order valence-corrected chi connectivity index (χ2v) is 4.72. The third-order valence-corrected chi connectivity index (χ3v) is 3.20. The fourth-order valence-corrected chi connectivity index (χ4v) is 2.01. The van der Waals surface area contributed by atoms with Crippen LogP contribution >= 0.6 is 0 Å². The van der Waals surface area contributed by atoms with Crippen LogP contribution in [0.1, 0.15) is 58.2 Å². The normalized spacial score (nSPS) is 11.9. The zero-order valence-electron chi connectivity index (χ0n) is 11.0. The van der Waals surface area contributed by atoms with E-state index in [9.17, 15) is 0 Å². The first-order valence-electron chi connectivity index (χ1n) is 6.37. The third kappa shape index (κ3) is 2.16. The summed E-state index contributed by atoms with van der Waals surface area (Å²) in [5.41, 5.74) is 2.84. The maximum Gasteiger partial charge on any atom is 0.177 e. The zero-order chi connectivity index (χ0) is 12.4. The molecular formula is C13H20N4. The van der Waals surface area contributed by atoms with Gasteiger partial charge in [-0.05, 0) is 18.8 Å². The van der Waals surface area contributed by atoms with Crippen LogP contribution in [-0.4, -0.2) is 19.7 Å². The predicted octanol–water partition coefficient (Wildman–Crippen LogP) is 3.31. The molecule has 0 N–H and O–H groups in total. The SMILES string of the molecule is CCC(CC)n1ncc2ncc(C(C)C)nc21. The topological polar surface area (TPSA) is 43.6 Å². The first kappa shape index (κ1) is 12.0. The van der Waals surface area contributed by atoms with Crippen molar-refractivity contribution in [3.63, 3.8) is 0 Å². The van der Waals surface area contributed by atoms with Gasteiger partial charge in [-0.2, -0.15) is 5.10 Å². The van der Waals surface area contributed by atoms with Gasteiger partial charge in [-0.15, -0.1) is 0 Å². The van der Waals surface area contributed by atoms with Gasteiger partial charge in [-0.25, -0.2) is 14.6 Å². The number of hydrogen-bond donors (Lipinski definition) is 0. The van der Waals surface area contributed by atoms with E-state index in [1.54, 1.807) is 0 Å². The Morgan fingerprint density at radius 1 is 1.18 bits per heavy atom. The van der Waals surface area contributed by atoms with Crippen molar-refractivity contribution in [3.8, 4) is 0 Å². The standard InChI is InChI=1S/C13H20N4/c1-5-10(6-2)17-13-12(8-15-17)14-7-11(16-13)9(3)4/h7-10H,5-6H2,1-4H3. The molecule has 0 unspecified atom stereocenters. The lowest BCUT2D eigenvalue weighted by Crippen LogP contribution is -2.10. The highest BCUT2D eigenvalue weighted by Crippen LogP contribution is 2.21. The van der Waals surface area contributed by atoms with Crippen LogP contribution in [0.15, 0.2) is 12.4 Å². The van der Waals surface area contributed by atoms with E-state index >= 15 is 0 Å². The largest absolute Gasteiger partial charge is 0.249 e. The lowest BCUT2D eigenvalue weighted by atomic mass is 10.1. The van der Waals surface area contributed by atoms with Gasteiger partial charge in [0.15, 0.2) is 5.65 Å². The molecule has 92 valence electrons. The van der Waals surface area contributed by atoms with E-state index < -0.39 is 0 Å². The number of aromatic nitrogens is 4. The molecule has 4 heteroatoms. The Labute approximate surface area is 102 Å². The van der Waals surface area contributed by atoms with Gasteiger partial charge < -0.3 is 0 Å². The lowest BCUT2D eigenvalue weighted by molar-refractivity contribution is 0.438. The van der Waals surface area contributed by atoms with Crippen molar-refractivity contribution < 1.29 is 0 Å². The molecule has 0 atom stereocenters. The quantitative estimate of drug-likeness (QED) is 0.812. The van der Waals surface area contributed by atoms with Gasteiger partial charge in [0.25, 0.3) is 0 Å². The summed E-state index contributed by atoms with van der Waals surface area (Å²) in [4.78, 5) is 9.12. The van der Waals surface area contributed by atoms with Gasteiger partial charge in [0.05, 0.1) is 17.9 Å². The number of nitrogens with zero attached hydrogens (tertiary/aromatic N) is 4. The van der Waals surface area contributed by atoms with Crippen LogP contribution in [0.3, 0.4) is 0 Å². The molecule has 0 fully saturated rings. The minimum absolute atomic E-state index is 0.400. The first-order chi connectivity index (χ1) is 8.17. The Bertz CT molecular complexity index is 497. The monoisotopic (exact) mass is 232 g/mol. The van der Waals surface area contributed by atoms with Crippen molar-refractivity contribution in [2.24, 2.45) is 0 Å². The highest BCUT2D eigenvalue weighted by atomic mass is 15.3. The predicted molar refractivity (Wildman–Crippen MR) is 69.0 cm³/mol. The Hall–Kier alpha value is -1.45. The summed E-state index contributed by atoms with van der Waals surface area (Å²) in [6, 6.07) is 0.421. The van der Waals surface area contributed by atoms with Gasteiger partial charge in [0.2, 0.25) is 0 Å². The molecule has 0 aliphatic rings. The van der Waals surface area contributed by atoms with Gasteiger partial charge in [-0.3, -0.25) is 0 Å². The summed E-state index contributed by atoms with van der Waals surface area (Å²) in [6.07, 6.45) is 5.80. The molecule has 17 heavy (non-hydrogen) atoms.